The number of nitrogen functional groups attached to an aromatic ring is 2. The summed E-state index contributed by atoms with van der Waals surface area (Å²) in [4.78, 5) is 4.51. The molecule has 0 amide bonds. The molecule has 2 aromatic carbocycles. The zero-order chi connectivity index (χ0) is 23.1. The summed E-state index contributed by atoms with van der Waals surface area (Å²) >= 11 is 0. The molecule has 1 saturated heterocycles. The lowest BCUT2D eigenvalue weighted by Crippen LogP contribution is -2.33. The second kappa shape index (κ2) is 14.7. The molecule has 0 unspecified atom stereocenters. The van der Waals surface area contributed by atoms with E-state index in [-0.39, 0.29) is 0 Å². The van der Waals surface area contributed by atoms with Gasteiger partial charge in [0.25, 0.3) is 0 Å². The second-order valence-electron chi connectivity index (χ2n) is 7.97. The maximum atomic E-state index is 6.18. The van der Waals surface area contributed by atoms with Crippen LogP contribution in [0.15, 0.2) is 48.5 Å². The van der Waals surface area contributed by atoms with Crippen molar-refractivity contribution in [2.75, 3.05) is 95.4 Å². The highest BCUT2D eigenvalue weighted by atomic mass is 16.5. The van der Waals surface area contributed by atoms with E-state index in [9.17, 15) is 0 Å². The van der Waals surface area contributed by atoms with Crippen molar-refractivity contribution < 1.29 is 18.9 Å². The minimum atomic E-state index is 0.559. The van der Waals surface area contributed by atoms with Crippen LogP contribution < -0.4 is 16.4 Å². The Labute approximate surface area is 197 Å². The zero-order valence-corrected chi connectivity index (χ0v) is 19.5. The number of anilines is 3. The Hall–Kier alpha value is -2.36. The van der Waals surface area contributed by atoms with Crippen LogP contribution >= 0.6 is 0 Å². The first-order valence-corrected chi connectivity index (χ1v) is 11.7. The fourth-order valence-corrected chi connectivity index (χ4v) is 3.70. The molecule has 8 nitrogen and oxygen atoms in total. The van der Waals surface area contributed by atoms with Gasteiger partial charge in [0.2, 0.25) is 0 Å². The van der Waals surface area contributed by atoms with Crippen molar-refractivity contribution in [3.63, 3.8) is 0 Å². The van der Waals surface area contributed by atoms with Gasteiger partial charge in [0.05, 0.1) is 64.2 Å². The van der Waals surface area contributed by atoms with Crippen molar-refractivity contribution in [1.82, 2.24) is 4.90 Å². The Morgan fingerprint density at radius 1 is 0.576 bits per heavy atom. The Morgan fingerprint density at radius 2 is 1.06 bits per heavy atom. The van der Waals surface area contributed by atoms with Crippen molar-refractivity contribution in [1.29, 1.82) is 0 Å². The predicted octanol–water partition coefficient (Wildman–Crippen LogP) is 2.24. The van der Waals surface area contributed by atoms with Crippen molar-refractivity contribution in [3.8, 4) is 0 Å². The van der Waals surface area contributed by atoms with Gasteiger partial charge in [-0.2, -0.15) is 0 Å². The lowest BCUT2D eigenvalue weighted by Gasteiger charge is -2.26. The molecule has 0 aliphatic carbocycles. The minimum absolute atomic E-state index is 0.559. The highest BCUT2D eigenvalue weighted by molar-refractivity contribution is 5.67. The van der Waals surface area contributed by atoms with Crippen LogP contribution in [0, 0.1) is 0 Å². The molecule has 0 aromatic heterocycles. The number of hydrogen-bond donors (Lipinski definition) is 2. The van der Waals surface area contributed by atoms with Gasteiger partial charge in [0, 0.05) is 38.4 Å². The molecule has 3 rings (SSSR count). The lowest BCUT2D eigenvalue weighted by molar-refractivity contribution is 0.0212. The van der Waals surface area contributed by atoms with E-state index in [1.165, 1.54) is 0 Å². The largest absolute Gasteiger partial charge is 0.398 e. The number of nitrogens with zero attached hydrogens (tertiary/aromatic N) is 2. The van der Waals surface area contributed by atoms with Crippen molar-refractivity contribution in [3.05, 3.63) is 54.1 Å². The van der Waals surface area contributed by atoms with Crippen LogP contribution in [0.2, 0.25) is 0 Å². The third-order valence-electron chi connectivity index (χ3n) is 5.59. The van der Waals surface area contributed by atoms with E-state index in [1.807, 2.05) is 42.5 Å². The molecule has 182 valence electrons. The van der Waals surface area contributed by atoms with Crippen LogP contribution in [0.3, 0.4) is 0 Å². The van der Waals surface area contributed by atoms with E-state index in [1.54, 1.807) is 0 Å². The molecule has 1 aliphatic heterocycles. The van der Waals surface area contributed by atoms with E-state index < -0.39 is 0 Å². The Bertz CT molecular complexity index is 787. The summed E-state index contributed by atoms with van der Waals surface area (Å²) in [6, 6.07) is 15.9. The second-order valence-corrected chi connectivity index (χ2v) is 7.97. The van der Waals surface area contributed by atoms with Gasteiger partial charge in [-0.15, -0.1) is 0 Å². The average Bonchev–Trinajstić information content (AvgIpc) is 2.82. The summed E-state index contributed by atoms with van der Waals surface area (Å²) in [5, 5.41) is 0. The van der Waals surface area contributed by atoms with Gasteiger partial charge in [-0.05, 0) is 23.8 Å². The number of hydrogen-bond acceptors (Lipinski definition) is 8. The summed E-state index contributed by atoms with van der Waals surface area (Å²) in [6.07, 6.45) is 0. The molecule has 1 aliphatic rings. The van der Waals surface area contributed by atoms with E-state index in [0.29, 0.717) is 52.9 Å². The molecular formula is C25H38N4O4. The summed E-state index contributed by atoms with van der Waals surface area (Å²) in [5.74, 6) is 0. The summed E-state index contributed by atoms with van der Waals surface area (Å²) in [6.45, 7) is 8.55. The van der Waals surface area contributed by atoms with Crippen molar-refractivity contribution in [2.45, 2.75) is 6.54 Å². The smallest absolute Gasteiger partial charge is 0.0701 e. The number of rotatable bonds is 3. The molecule has 0 atom stereocenters. The maximum Gasteiger partial charge on any atom is 0.0701 e. The number of ether oxygens (including phenoxy) is 4. The van der Waals surface area contributed by atoms with Crippen LogP contribution in [-0.4, -0.2) is 83.9 Å². The van der Waals surface area contributed by atoms with Gasteiger partial charge in [-0.1, -0.05) is 30.3 Å². The third kappa shape index (κ3) is 9.19. The highest BCUT2D eigenvalue weighted by Crippen LogP contribution is 2.22. The molecule has 8 heteroatoms. The van der Waals surface area contributed by atoms with Gasteiger partial charge in [-0.3, -0.25) is 4.90 Å². The fraction of sp³-hybridized carbons (Fsp3) is 0.520. The van der Waals surface area contributed by atoms with Gasteiger partial charge < -0.3 is 35.3 Å². The van der Waals surface area contributed by atoms with E-state index in [0.717, 1.165) is 55.3 Å². The molecule has 33 heavy (non-hydrogen) atoms. The SMILES string of the molecule is Nc1ccccc1CN1CCOCCOCCN(c2ccccc2N)CCOCCOCC1. The molecular weight excluding hydrogens is 420 g/mol. The van der Waals surface area contributed by atoms with Crippen LogP contribution in [0.4, 0.5) is 17.1 Å². The zero-order valence-electron chi connectivity index (χ0n) is 19.5. The molecule has 2 aromatic rings. The Morgan fingerprint density at radius 3 is 1.61 bits per heavy atom. The first-order valence-electron chi connectivity index (χ1n) is 11.7. The quantitative estimate of drug-likeness (QED) is 0.677. The van der Waals surface area contributed by atoms with Crippen LogP contribution in [-0.2, 0) is 25.5 Å². The standard InChI is InChI=1S/C25H38N4O4/c26-23-6-2-1-5-22(23)21-28-9-13-30-17-19-32-15-11-29(25-8-4-3-7-24(25)27)12-16-33-20-18-31-14-10-28/h1-8H,9-21,26-27H2. The maximum absolute atomic E-state index is 6.18. The predicted molar refractivity (Wildman–Crippen MR) is 132 cm³/mol. The lowest BCUT2D eigenvalue weighted by atomic mass is 10.1. The summed E-state index contributed by atoms with van der Waals surface area (Å²) < 4.78 is 23.3. The topological polar surface area (TPSA) is 95.4 Å². The molecule has 0 spiro atoms. The molecule has 4 N–H and O–H groups in total. The van der Waals surface area contributed by atoms with Crippen molar-refractivity contribution >= 4 is 17.1 Å². The monoisotopic (exact) mass is 458 g/mol. The van der Waals surface area contributed by atoms with Crippen LogP contribution in [0.25, 0.3) is 0 Å². The van der Waals surface area contributed by atoms with Gasteiger partial charge >= 0.3 is 0 Å². The summed E-state index contributed by atoms with van der Waals surface area (Å²) in [5.41, 5.74) is 16.0. The number of nitrogens with two attached hydrogens (primary N) is 2. The molecule has 0 bridgehead atoms. The highest BCUT2D eigenvalue weighted by Gasteiger charge is 2.11. The normalized spacial score (nSPS) is 19.0. The van der Waals surface area contributed by atoms with Crippen molar-refractivity contribution in [2.24, 2.45) is 0 Å². The van der Waals surface area contributed by atoms with Gasteiger partial charge in [0.15, 0.2) is 0 Å². The van der Waals surface area contributed by atoms with Gasteiger partial charge in [0.1, 0.15) is 0 Å². The molecule has 0 saturated carbocycles. The number of para-hydroxylation sites is 3. The Balaban J connectivity index is 1.49. The van der Waals surface area contributed by atoms with E-state index in [2.05, 4.69) is 15.9 Å². The van der Waals surface area contributed by atoms with Crippen LogP contribution in [0.5, 0.6) is 0 Å². The molecule has 1 fully saturated rings. The fourth-order valence-electron chi connectivity index (χ4n) is 3.70. The summed E-state index contributed by atoms with van der Waals surface area (Å²) in [7, 11) is 0. The number of benzene rings is 2. The third-order valence-corrected chi connectivity index (χ3v) is 5.59. The Kier molecular flexibility index (Phi) is 11.3. The van der Waals surface area contributed by atoms with E-state index >= 15 is 0 Å². The van der Waals surface area contributed by atoms with Gasteiger partial charge in [-0.25, -0.2) is 0 Å². The molecule has 0 radical (unpaired) electrons. The molecule has 1 heterocycles. The van der Waals surface area contributed by atoms with Crippen LogP contribution in [0.1, 0.15) is 5.56 Å². The van der Waals surface area contributed by atoms with E-state index in [4.69, 9.17) is 30.4 Å². The minimum Gasteiger partial charge on any atom is -0.398 e. The first kappa shape index (κ1) is 25.3. The first-order chi connectivity index (χ1) is 16.2. The average molecular weight is 459 g/mol.